The summed E-state index contributed by atoms with van der Waals surface area (Å²) in [4.78, 5) is 12.0. The minimum absolute atomic E-state index is 0.0717. The molecule has 1 fully saturated rings. The quantitative estimate of drug-likeness (QED) is 0.810. The van der Waals surface area contributed by atoms with E-state index in [2.05, 4.69) is 25.3 Å². The molecular formula is C13H16N8O. The van der Waals surface area contributed by atoms with Crippen molar-refractivity contribution in [2.24, 2.45) is 10.3 Å². The van der Waals surface area contributed by atoms with E-state index in [-0.39, 0.29) is 11.9 Å². The first-order valence-electron chi connectivity index (χ1n) is 6.83. The summed E-state index contributed by atoms with van der Waals surface area (Å²) in [6, 6.07) is 7.39. The summed E-state index contributed by atoms with van der Waals surface area (Å²) < 4.78 is 5.27. The maximum atomic E-state index is 5.62. The molecule has 3 rings (SSSR count). The molecule has 114 valence electrons. The number of anilines is 2. The second-order valence-corrected chi connectivity index (χ2v) is 4.65. The number of hydrogen-bond acceptors (Lipinski definition) is 8. The lowest BCUT2D eigenvalue weighted by Crippen LogP contribution is -2.31. The van der Waals surface area contributed by atoms with Crippen molar-refractivity contribution < 1.29 is 4.74 Å². The van der Waals surface area contributed by atoms with Gasteiger partial charge in [-0.3, -0.25) is 5.01 Å². The van der Waals surface area contributed by atoms with Gasteiger partial charge in [0.1, 0.15) is 0 Å². The van der Waals surface area contributed by atoms with Crippen molar-refractivity contribution in [3.8, 4) is 11.4 Å². The van der Waals surface area contributed by atoms with Crippen LogP contribution in [-0.2, 0) is 4.74 Å². The molecule has 2 aromatic rings. The lowest BCUT2D eigenvalue weighted by atomic mass is 10.2. The van der Waals surface area contributed by atoms with Gasteiger partial charge in [0.2, 0.25) is 11.9 Å². The predicted molar refractivity (Wildman–Crippen MR) is 81.0 cm³/mol. The Balaban J connectivity index is 1.90. The molecule has 0 unspecified atom stereocenters. The highest BCUT2D eigenvalue weighted by molar-refractivity contribution is 5.71. The second-order valence-electron chi connectivity index (χ2n) is 4.65. The van der Waals surface area contributed by atoms with Crippen molar-refractivity contribution in [2.45, 2.75) is 0 Å². The van der Waals surface area contributed by atoms with Crippen molar-refractivity contribution >= 4 is 17.6 Å². The van der Waals surface area contributed by atoms with Crippen LogP contribution in [0.4, 0.5) is 17.6 Å². The summed E-state index contributed by atoms with van der Waals surface area (Å²) >= 11 is 0. The highest BCUT2D eigenvalue weighted by Crippen LogP contribution is 2.28. The number of nitrogen functional groups attached to an aromatic ring is 2. The van der Waals surface area contributed by atoms with Gasteiger partial charge in [-0.2, -0.15) is 15.0 Å². The van der Waals surface area contributed by atoms with E-state index in [0.717, 1.165) is 13.1 Å². The Morgan fingerprint density at radius 1 is 1.00 bits per heavy atom. The summed E-state index contributed by atoms with van der Waals surface area (Å²) in [6.07, 6.45) is 0. The number of rotatable bonds is 3. The molecule has 1 aliphatic heterocycles. The maximum Gasteiger partial charge on any atom is 0.225 e. The van der Waals surface area contributed by atoms with Crippen LogP contribution in [0.3, 0.4) is 0 Å². The third-order valence-electron chi connectivity index (χ3n) is 3.08. The molecule has 4 N–H and O–H groups in total. The third-order valence-corrected chi connectivity index (χ3v) is 3.08. The zero-order valence-corrected chi connectivity index (χ0v) is 11.9. The largest absolute Gasteiger partial charge is 0.378 e. The summed E-state index contributed by atoms with van der Waals surface area (Å²) in [5.74, 6) is 0.520. The van der Waals surface area contributed by atoms with Crippen molar-refractivity contribution in [1.29, 1.82) is 0 Å². The molecule has 0 amide bonds. The van der Waals surface area contributed by atoms with E-state index in [1.54, 1.807) is 0 Å². The molecule has 0 aliphatic carbocycles. The Kier molecular flexibility index (Phi) is 4.05. The van der Waals surface area contributed by atoms with Crippen molar-refractivity contribution in [3.05, 3.63) is 24.3 Å². The van der Waals surface area contributed by atoms with Crippen LogP contribution in [0.5, 0.6) is 0 Å². The fourth-order valence-electron chi connectivity index (χ4n) is 2.03. The average Bonchev–Trinajstić information content (AvgIpc) is 2.53. The molecule has 9 heteroatoms. The highest BCUT2D eigenvalue weighted by Gasteiger charge is 2.11. The molecule has 0 radical (unpaired) electrons. The Morgan fingerprint density at radius 2 is 1.68 bits per heavy atom. The summed E-state index contributed by atoms with van der Waals surface area (Å²) in [6.45, 7) is 2.75. The van der Waals surface area contributed by atoms with Gasteiger partial charge >= 0.3 is 0 Å². The normalized spacial score (nSPS) is 15.4. The average molecular weight is 300 g/mol. The molecule has 0 bridgehead atoms. The summed E-state index contributed by atoms with van der Waals surface area (Å²) in [5.41, 5.74) is 12.6. The molecule has 1 saturated heterocycles. The molecular weight excluding hydrogens is 284 g/mol. The summed E-state index contributed by atoms with van der Waals surface area (Å²) in [5, 5.41) is 10.4. The van der Waals surface area contributed by atoms with Gasteiger partial charge in [-0.25, -0.2) is 0 Å². The zero-order chi connectivity index (χ0) is 15.4. The number of hydrogen-bond donors (Lipinski definition) is 2. The van der Waals surface area contributed by atoms with Gasteiger partial charge in [0, 0.05) is 5.56 Å². The van der Waals surface area contributed by atoms with E-state index in [9.17, 15) is 0 Å². The van der Waals surface area contributed by atoms with Gasteiger partial charge in [-0.05, 0) is 12.1 Å². The lowest BCUT2D eigenvalue weighted by Gasteiger charge is -2.22. The molecule has 9 nitrogen and oxygen atoms in total. The van der Waals surface area contributed by atoms with Crippen LogP contribution in [0.15, 0.2) is 34.6 Å². The van der Waals surface area contributed by atoms with Crippen LogP contribution >= 0.6 is 0 Å². The molecule has 0 atom stereocenters. The molecule has 1 aliphatic rings. The fraction of sp³-hybridized carbons (Fsp3) is 0.308. The molecule has 0 spiro atoms. The molecule has 2 heterocycles. The Morgan fingerprint density at radius 3 is 2.41 bits per heavy atom. The van der Waals surface area contributed by atoms with Crippen LogP contribution in [0.1, 0.15) is 0 Å². The van der Waals surface area contributed by atoms with E-state index in [0.29, 0.717) is 30.3 Å². The third kappa shape index (κ3) is 3.26. The minimum atomic E-state index is 0.0717. The number of ether oxygens (including phenoxy) is 1. The van der Waals surface area contributed by atoms with Gasteiger partial charge < -0.3 is 16.2 Å². The molecule has 22 heavy (non-hydrogen) atoms. The molecule has 0 saturated carbocycles. The van der Waals surface area contributed by atoms with E-state index >= 15 is 0 Å². The zero-order valence-electron chi connectivity index (χ0n) is 11.9. The van der Waals surface area contributed by atoms with E-state index in [4.69, 9.17) is 16.2 Å². The Labute approximate surface area is 127 Å². The van der Waals surface area contributed by atoms with Gasteiger partial charge in [0.05, 0.1) is 32.0 Å². The first kappa shape index (κ1) is 14.1. The molecule has 1 aromatic heterocycles. The number of aromatic nitrogens is 3. The smallest absolute Gasteiger partial charge is 0.225 e. The van der Waals surface area contributed by atoms with Crippen LogP contribution < -0.4 is 11.5 Å². The molecule has 1 aromatic carbocycles. The second kappa shape index (κ2) is 6.31. The van der Waals surface area contributed by atoms with Crippen LogP contribution in [0, 0.1) is 0 Å². The van der Waals surface area contributed by atoms with E-state index < -0.39 is 0 Å². The van der Waals surface area contributed by atoms with E-state index in [1.165, 1.54) is 0 Å². The first-order chi connectivity index (χ1) is 10.7. The number of morpholine rings is 1. The van der Waals surface area contributed by atoms with Crippen LogP contribution in [0.25, 0.3) is 11.4 Å². The van der Waals surface area contributed by atoms with Crippen LogP contribution in [0.2, 0.25) is 0 Å². The number of nitrogens with two attached hydrogens (primary N) is 2. The van der Waals surface area contributed by atoms with Gasteiger partial charge in [0.15, 0.2) is 5.82 Å². The van der Waals surface area contributed by atoms with Crippen molar-refractivity contribution in [1.82, 2.24) is 20.0 Å². The topological polar surface area (TPSA) is 128 Å². The highest BCUT2D eigenvalue weighted by atomic mass is 16.5. The van der Waals surface area contributed by atoms with Crippen molar-refractivity contribution in [2.75, 3.05) is 37.8 Å². The predicted octanol–water partition coefficient (Wildman–Crippen LogP) is 1.03. The van der Waals surface area contributed by atoms with Crippen LogP contribution in [-0.4, -0.2) is 46.3 Å². The fourth-order valence-corrected chi connectivity index (χ4v) is 2.03. The summed E-state index contributed by atoms with van der Waals surface area (Å²) in [7, 11) is 0. The monoisotopic (exact) mass is 300 g/mol. The van der Waals surface area contributed by atoms with E-state index in [1.807, 2.05) is 29.3 Å². The number of nitrogens with zero attached hydrogens (tertiary/aromatic N) is 6. The van der Waals surface area contributed by atoms with Crippen molar-refractivity contribution in [3.63, 3.8) is 0 Å². The standard InChI is InChI=1S/C13H16N8O/c14-12-16-11(17-13(15)18-12)9-3-1-2-4-10(9)19-20-21-5-7-22-8-6-21/h1-4H,5-8H2,(H4,14,15,16,17,18). The van der Waals surface area contributed by atoms with Gasteiger partial charge in [0.25, 0.3) is 0 Å². The lowest BCUT2D eigenvalue weighted by molar-refractivity contribution is 0.0354. The Hall–Kier alpha value is -2.81. The van der Waals surface area contributed by atoms with Gasteiger partial charge in [-0.15, -0.1) is 5.11 Å². The first-order valence-corrected chi connectivity index (χ1v) is 6.83. The Bertz CT molecular complexity index is 663. The SMILES string of the molecule is Nc1nc(N)nc(-c2ccccc2N=NN2CCOCC2)n1. The van der Waals surface area contributed by atoms with Gasteiger partial charge in [-0.1, -0.05) is 17.4 Å². The maximum absolute atomic E-state index is 5.62. The minimum Gasteiger partial charge on any atom is -0.378 e. The number of benzene rings is 1.